The van der Waals surface area contributed by atoms with Crippen molar-refractivity contribution in [2.45, 2.75) is 22.8 Å². The van der Waals surface area contributed by atoms with E-state index in [-0.39, 0.29) is 17.4 Å². The summed E-state index contributed by atoms with van der Waals surface area (Å²) in [7, 11) is 0. The average Bonchev–Trinajstić information content (AvgIpc) is 2.61. The van der Waals surface area contributed by atoms with Crippen LogP contribution in [0.3, 0.4) is 0 Å². The van der Waals surface area contributed by atoms with Crippen LogP contribution in [0.5, 0.6) is 0 Å². The number of aryl methyl sites for hydroxylation is 1. The highest BCUT2D eigenvalue weighted by atomic mass is 79.9. The minimum atomic E-state index is -1.78. The van der Waals surface area contributed by atoms with E-state index in [1.54, 1.807) is 0 Å². The number of anilines is 1. The average molecular weight is 510 g/mol. The smallest absolute Gasteiger partial charge is 0.228 e. The number of rotatable bonds is 6. The van der Waals surface area contributed by atoms with Gasteiger partial charge in [0.1, 0.15) is 6.17 Å². The van der Waals surface area contributed by atoms with Crippen LogP contribution >= 0.6 is 63.0 Å². The van der Waals surface area contributed by atoms with Crippen molar-refractivity contribution in [1.82, 2.24) is 10.6 Å². The minimum Gasteiger partial charge on any atom is -0.339 e. The van der Waals surface area contributed by atoms with E-state index >= 15 is 0 Å². The van der Waals surface area contributed by atoms with E-state index in [1.807, 2.05) is 54.6 Å². The molecule has 144 valence electrons. The van der Waals surface area contributed by atoms with E-state index in [9.17, 15) is 4.79 Å². The first-order chi connectivity index (χ1) is 12.7. The second-order valence-corrected chi connectivity index (χ2v) is 9.33. The van der Waals surface area contributed by atoms with Crippen LogP contribution in [0.1, 0.15) is 12.0 Å². The van der Waals surface area contributed by atoms with Gasteiger partial charge >= 0.3 is 0 Å². The summed E-state index contributed by atoms with van der Waals surface area (Å²) in [6.45, 7) is 0. The van der Waals surface area contributed by atoms with Gasteiger partial charge in [0.25, 0.3) is 0 Å². The Hall–Kier alpha value is -1.05. The molecule has 2 aromatic rings. The lowest BCUT2D eigenvalue weighted by Crippen LogP contribution is -2.56. The van der Waals surface area contributed by atoms with Crippen molar-refractivity contribution in [2.24, 2.45) is 0 Å². The molecular formula is C18H17BrCl3N3OS. The van der Waals surface area contributed by atoms with Gasteiger partial charge in [0.15, 0.2) is 5.11 Å². The minimum absolute atomic E-state index is 0.219. The van der Waals surface area contributed by atoms with E-state index in [2.05, 4.69) is 31.9 Å². The first kappa shape index (κ1) is 22.2. The first-order valence-electron chi connectivity index (χ1n) is 7.97. The van der Waals surface area contributed by atoms with Crippen molar-refractivity contribution in [3.63, 3.8) is 0 Å². The van der Waals surface area contributed by atoms with Crippen molar-refractivity contribution < 1.29 is 4.79 Å². The number of hydrogen-bond donors (Lipinski definition) is 3. The van der Waals surface area contributed by atoms with Crippen LogP contribution in [0.15, 0.2) is 59.1 Å². The zero-order valence-electron chi connectivity index (χ0n) is 14.0. The molecule has 27 heavy (non-hydrogen) atoms. The predicted molar refractivity (Wildman–Crippen MR) is 120 cm³/mol. The Labute approximate surface area is 187 Å². The lowest BCUT2D eigenvalue weighted by molar-refractivity contribution is -0.121. The number of carbonyl (C=O) groups excluding carboxylic acids is 1. The van der Waals surface area contributed by atoms with Gasteiger partial charge in [0, 0.05) is 16.6 Å². The predicted octanol–water partition coefficient (Wildman–Crippen LogP) is 5.18. The van der Waals surface area contributed by atoms with Crippen LogP contribution in [0.2, 0.25) is 0 Å². The van der Waals surface area contributed by atoms with Crippen molar-refractivity contribution in [2.75, 3.05) is 5.32 Å². The molecule has 0 fully saturated rings. The highest BCUT2D eigenvalue weighted by molar-refractivity contribution is 9.10. The van der Waals surface area contributed by atoms with Crippen molar-refractivity contribution >= 4 is 79.7 Å². The van der Waals surface area contributed by atoms with E-state index in [0.29, 0.717) is 6.42 Å². The molecule has 0 aliphatic rings. The standard InChI is InChI=1S/C18H17BrCl3N3OS/c19-13-7-9-14(10-8-13)23-17(27)25-16(18(20,21)22)24-15(26)11-6-12-4-2-1-3-5-12/h1-5,7-10,16H,6,11H2,(H,24,26)(H2,23,25,27)/t16-/m1/s1. The second-order valence-electron chi connectivity index (χ2n) is 5.63. The maximum absolute atomic E-state index is 12.3. The highest BCUT2D eigenvalue weighted by Gasteiger charge is 2.34. The molecule has 2 rings (SSSR count). The summed E-state index contributed by atoms with van der Waals surface area (Å²) in [6.07, 6.45) is -0.141. The van der Waals surface area contributed by atoms with Crippen LogP contribution in [0, 0.1) is 0 Å². The largest absolute Gasteiger partial charge is 0.339 e. The second kappa shape index (κ2) is 10.5. The lowest BCUT2D eigenvalue weighted by Gasteiger charge is -2.27. The Morgan fingerprint density at radius 3 is 2.26 bits per heavy atom. The number of thiocarbonyl (C=S) groups is 1. The van der Waals surface area contributed by atoms with Gasteiger partial charge in [-0.25, -0.2) is 0 Å². The summed E-state index contributed by atoms with van der Waals surface area (Å²) in [5.41, 5.74) is 1.81. The summed E-state index contributed by atoms with van der Waals surface area (Å²) >= 11 is 26.6. The summed E-state index contributed by atoms with van der Waals surface area (Å²) < 4.78 is -0.842. The fourth-order valence-corrected chi connectivity index (χ4v) is 2.99. The van der Waals surface area contributed by atoms with E-state index in [1.165, 1.54) is 0 Å². The molecule has 0 bridgehead atoms. The quantitative estimate of drug-likeness (QED) is 0.285. The summed E-state index contributed by atoms with van der Waals surface area (Å²) in [6, 6.07) is 17.1. The molecule has 1 atom stereocenters. The molecule has 0 radical (unpaired) electrons. The molecule has 3 N–H and O–H groups in total. The number of amides is 1. The SMILES string of the molecule is O=C(CCc1ccccc1)N[C@H](NC(=S)Nc1ccc(Br)cc1)C(Cl)(Cl)Cl. The van der Waals surface area contributed by atoms with Crippen molar-refractivity contribution in [3.05, 3.63) is 64.6 Å². The van der Waals surface area contributed by atoms with Crippen LogP contribution in [0.25, 0.3) is 0 Å². The molecule has 4 nitrogen and oxygen atoms in total. The third-order valence-corrected chi connectivity index (χ3v) is 4.90. The molecule has 2 aromatic carbocycles. The van der Waals surface area contributed by atoms with Gasteiger partial charge < -0.3 is 16.0 Å². The maximum atomic E-state index is 12.3. The number of nitrogens with one attached hydrogen (secondary N) is 3. The van der Waals surface area contributed by atoms with Crippen LogP contribution in [-0.4, -0.2) is 21.0 Å². The summed E-state index contributed by atoms with van der Waals surface area (Å²) in [5, 5.41) is 8.70. The van der Waals surface area contributed by atoms with Gasteiger partial charge in [-0.15, -0.1) is 0 Å². The van der Waals surface area contributed by atoms with Gasteiger partial charge in [0.05, 0.1) is 0 Å². The molecule has 9 heteroatoms. The Bertz CT molecular complexity index is 770. The fraction of sp³-hybridized carbons (Fsp3) is 0.222. The molecular weight excluding hydrogens is 493 g/mol. The third-order valence-electron chi connectivity index (χ3n) is 3.49. The zero-order valence-corrected chi connectivity index (χ0v) is 18.7. The molecule has 0 heterocycles. The molecule has 0 aliphatic heterocycles. The van der Waals surface area contributed by atoms with Gasteiger partial charge in [-0.05, 0) is 48.5 Å². The Kier molecular flexibility index (Phi) is 8.63. The fourth-order valence-electron chi connectivity index (χ4n) is 2.17. The summed E-state index contributed by atoms with van der Waals surface area (Å²) in [4.78, 5) is 12.3. The van der Waals surface area contributed by atoms with Gasteiger partial charge in [-0.3, -0.25) is 4.79 Å². The first-order valence-corrected chi connectivity index (χ1v) is 10.3. The number of hydrogen-bond acceptors (Lipinski definition) is 2. The normalized spacial score (nSPS) is 12.1. The molecule has 0 aromatic heterocycles. The van der Waals surface area contributed by atoms with Gasteiger partial charge in [-0.1, -0.05) is 81.1 Å². The Morgan fingerprint density at radius 1 is 1.04 bits per heavy atom. The third kappa shape index (κ3) is 8.23. The molecule has 1 amide bonds. The molecule has 0 spiro atoms. The number of alkyl halides is 3. The van der Waals surface area contributed by atoms with Crippen molar-refractivity contribution in [1.29, 1.82) is 0 Å². The maximum Gasteiger partial charge on any atom is 0.228 e. The Morgan fingerprint density at radius 2 is 1.67 bits per heavy atom. The molecule has 0 saturated carbocycles. The van der Waals surface area contributed by atoms with Crippen molar-refractivity contribution in [3.8, 4) is 0 Å². The molecule has 0 aliphatic carbocycles. The van der Waals surface area contributed by atoms with E-state index < -0.39 is 9.96 Å². The lowest BCUT2D eigenvalue weighted by atomic mass is 10.1. The summed E-state index contributed by atoms with van der Waals surface area (Å²) in [5.74, 6) is -0.255. The highest BCUT2D eigenvalue weighted by Crippen LogP contribution is 2.29. The van der Waals surface area contributed by atoms with Crippen LogP contribution in [-0.2, 0) is 11.2 Å². The van der Waals surface area contributed by atoms with Gasteiger partial charge in [-0.2, -0.15) is 0 Å². The van der Waals surface area contributed by atoms with Crippen LogP contribution in [0.4, 0.5) is 5.69 Å². The van der Waals surface area contributed by atoms with E-state index in [4.69, 9.17) is 47.0 Å². The van der Waals surface area contributed by atoms with Gasteiger partial charge in [0.2, 0.25) is 9.70 Å². The molecule has 0 unspecified atom stereocenters. The molecule has 0 saturated heterocycles. The Balaban J connectivity index is 1.91. The zero-order chi connectivity index (χ0) is 19.9. The monoisotopic (exact) mass is 507 g/mol. The van der Waals surface area contributed by atoms with Crippen LogP contribution < -0.4 is 16.0 Å². The number of halogens is 4. The number of benzene rings is 2. The van der Waals surface area contributed by atoms with E-state index in [0.717, 1.165) is 15.7 Å². The topological polar surface area (TPSA) is 53.2 Å². The number of carbonyl (C=O) groups is 1.